The lowest BCUT2D eigenvalue weighted by Crippen LogP contribution is -2.63. The number of carbonyl (C=O) groups excluding carboxylic acids is 4. The lowest BCUT2D eigenvalue weighted by molar-refractivity contribution is -0.308. The number of carboxylic acid groups (broad SMARTS) is 1. The molecule has 0 saturated carbocycles. The summed E-state index contributed by atoms with van der Waals surface area (Å²) < 4.78 is 32.8. The zero-order valence-corrected chi connectivity index (χ0v) is 21.4. The molecule has 12 nitrogen and oxygen atoms in total. The molecule has 1 heterocycles. The van der Waals surface area contributed by atoms with Crippen LogP contribution >= 0.6 is 0 Å². The first-order chi connectivity index (χ1) is 17.0. The zero-order chi connectivity index (χ0) is 27.1. The molecule has 0 aromatic carbocycles. The number of carbonyl (C=O) groups is 5. The fraction of sp³-hybridized carbons (Fsp3) is 0.792. The lowest BCUT2D eigenvalue weighted by atomic mass is 9.98. The Morgan fingerprint density at radius 1 is 0.667 bits per heavy atom. The quantitative estimate of drug-likeness (QED) is 0.181. The van der Waals surface area contributed by atoms with E-state index in [9.17, 15) is 24.0 Å². The summed E-state index contributed by atoms with van der Waals surface area (Å²) in [5, 5.41) is 8.65. The van der Waals surface area contributed by atoms with Crippen LogP contribution in [0, 0.1) is 0 Å². The smallest absolute Gasteiger partial charge is 0.303 e. The summed E-state index contributed by atoms with van der Waals surface area (Å²) >= 11 is 0. The number of hydrogen-bond donors (Lipinski definition) is 1. The Morgan fingerprint density at radius 2 is 1.17 bits per heavy atom. The maximum atomic E-state index is 11.8. The Balaban J connectivity index is 2.79. The van der Waals surface area contributed by atoms with Crippen molar-refractivity contribution in [2.24, 2.45) is 0 Å². The molecule has 0 aromatic heterocycles. The van der Waals surface area contributed by atoms with Crippen molar-refractivity contribution in [3.8, 4) is 0 Å². The third-order valence-electron chi connectivity index (χ3n) is 5.27. The van der Waals surface area contributed by atoms with Crippen LogP contribution in [0.2, 0.25) is 0 Å². The molecule has 206 valence electrons. The fourth-order valence-corrected chi connectivity index (χ4v) is 3.78. The second-order valence-corrected chi connectivity index (χ2v) is 8.56. The van der Waals surface area contributed by atoms with Crippen LogP contribution in [0.5, 0.6) is 0 Å². The molecular formula is C24H38O12. The zero-order valence-electron chi connectivity index (χ0n) is 21.4. The van der Waals surface area contributed by atoms with E-state index in [4.69, 9.17) is 33.5 Å². The van der Waals surface area contributed by atoms with Crippen molar-refractivity contribution in [1.29, 1.82) is 0 Å². The first kappa shape index (κ1) is 31.3. The average molecular weight is 519 g/mol. The number of ether oxygens (including phenoxy) is 6. The van der Waals surface area contributed by atoms with E-state index in [0.717, 1.165) is 46.0 Å². The SMILES string of the molecule is CC(=O)OCC1OC(OCCCCCCCCCC(=O)O)C(OC(C)=O)C(OC(C)=O)C1OC(C)=O. The summed E-state index contributed by atoms with van der Waals surface area (Å²) in [6.45, 7) is 4.62. The molecule has 0 amide bonds. The van der Waals surface area contributed by atoms with Gasteiger partial charge in [-0.05, 0) is 12.8 Å². The minimum Gasteiger partial charge on any atom is -0.481 e. The highest BCUT2D eigenvalue weighted by molar-refractivity contribution is 5.68. The van der Waals surface area contributed by atoms with Gasteiger partial charge in [0.05, 0.1) is 0 Å². The maximum Gasteiger partial charge on any atom is 0.303 e. The van der Waals surface area contributed by atoms with Crippen LogP contribution in [0.3, 0.4) is 0 Å². The Morgan fingerprint density at radius 3 is 1.69 bits per heavy atom. The van der Waals surface area contributed by atoms with Crippen LogP contribution in [-0.2, 0) is 52.4 Å². The minimum atomic E-state index is -1.25. The van der Waals surface area contributed by atoms with Gasteiger partial charge in [-0.2, -0.15) is 0 Å². The van der Waals surface area contributed by atoms with E-state index in [2.05, 4.69) is 0 Å². The van der Waals surface area contributed by atoms with Crippen molar-refractivity contribution in [3.05, 3.63) is 0 Å². The highest BCUT2D eigenvalue weighted by atomic mass is 16.7. The number of carboxylic acids is 1. The second kappa shape index (κ2) is 16.9. The van der Waals surface area contributed by atoms with E-state index in [1.807, 2.05) is 0 Å². The van der Waals surface area contributed by atoms with E-state index in [1.54, 1.807) is 0 Å². The Labute approximate surface area is 210 Å². The van der Waals surface area contributed by atoms with Gasteiger partial charge in [-0.3, -0.25) is 24.0 Å². The van der Waals surface area contributed by atoms with Gasteiger partial charge in [0.1, 0.15) is 12.7 Å². The van der Waals surface area contributed by atoms with Crippen LogP contribution in [0.4, 0.5) is 0 Å². The van der Waals surface area contributed by atoms with Crippen molar-refractivity contribution < 1.29 is 57.5 Å². The van der Waals surface area contributed by atoms with Crippen LogP contribution in [-0.4, -0.2) is 78.9 Å². The number of unbranched alkanes of at least 4 members (excludes halogenated alkanes) is 6. The number of esters is 4. The molecule has 36 heavy (non-hydrogen) atoms. The van der Waals surface area contributed by atoms with Crippen molar-refractivity contribution in [1.82, 2.24) is 0 Å². The average Bonchev–Trinajstić information content (AvgIpc) is 2.76. The molecule has 1 rings (SSSR count). The third kappa shape index (κ3) is 12.8. The van der Waals surface area contributed by atoms with Crippen molar-refractivity contribution in [2.75, 3.05) is 13.2 Å². The topological polar surface area (TPSA) is 161 Å². The molecular weight excluding hydrogens is 480 g/mol. The Kier molecular flexibility index (Phi) is 14.7. The van der Waals surface area contributed by atoms with E-state index in [1.165, 1.54) is 13.8 Å². The van der Waals surface area contributed by atoms with Gasteiger partial charge in [0.2, 0.25) is 0 Å². The largest absolute Gasteiger partial charge is 0.481 e. The van der Waals surface area contributed by atoms with Crippen molar-refractivity contribution >= 4 is 29.8 Å². The Hall–Kier alpha value is -2.73. The van der Waals surface area contributed by atoms with Gasteiger partial charge in [0.25, 0.3) is 0 Å². The summed E-state index contributed by atoms with van der Waals surface area (Å²) in [4.78, 5) is 57.2. The highest BCUT2D eigenvalue weighted by Gasteiger charge is 2.52. The van der Waals surface area contributed by atoms with Gasteiger partial charge in [-0.25, -0.2) is 0 Å². The molecule has 1 aliphatic heterocycles. The highest BCUT2D eigenvalue weighted by Crippen LogP contribution is 2.30. The summed E-state index contributed by atoms with van der Waals surface area (Å²) in [6, 6.07) is 0. The first-order valence-electron chi connectivity index (χ1n) is 12.1. The van der Waals surface area contributed by atoms with Gasteiger partial charge in [0.15, 0.2) is 24.6 Å². The molecule has 0 bridgehead atoms. The lowest BCUT2D eigenvalue weighted by Gasteiger charge is -2.44. The van der Waals surface area contributed by atoms with Gasteiger partial charge in [0, 0.05) is 40.7 Å². The number of rotatable bonds is 16. The van der Waals surface area contributed by atoms with Gasteiger partial charge in [-0.15, -0.1) is 0 Å². The molecule has 1 aliphatic rings. The predicted molar refractivity (Wildman–Crippen MR) is 122 cm³/mol. The summed E-state index contributed by atoms with van der Waals surface area (Å²) in [5.74, 6) is -3.46. The van der Waals surface area contributed by atoms with Crippen LogP contribution in [0.15, 0.2) is 0 Å². The summed E-state index contributed by atoms with van der Waals surface area (Å²) in [6.07, 6.45) is 0.216. The van der Waals surface area contributed by atoms with Crippen LogP contribution < -0.4 is 0 Å². The molecule has 1 N–H and O–H groups in total. The monoisotopic (exact) mass is 518 g/mol. The van der Waals surface area contributed by atoms with Crippen molar-refractivity contribution in [3.63, 3.8) is 0 Å². The molecule has 0 aromatic rings. The second-order valence-electron chi connectivity index (χ2n) is 8.56. The van der Waals surface area contributed by atoms with Crippen molar-refractivity contribution in [2.45, 2.75) is 110 Å². The first-order valence-corrected chi connectivity index (χ1v) is 12.1. The molecule has 0 spiro atoms. The standard InChI is InChI=1S/C24H38O12/c1-15(25)32-14-19-21(33-16(2)26)22(34-17(3)27)23(35-18(4)28)24(36-19)31-13-11-9-7-5-6-8-10-12-20(29)30/h19,21-24H,5-14H2,1-4H3,(H,29,30). The van der Waals surface area contributed by atoms with Gasteiger partial charge in [-0.1, -0.05) is 32.1 Å². The third-order valence-corrected chi connectivity index (χ3v) is 5.27. The molecule has 5 unspecified atom stereocenters. The molecule has 12 heteroatoms. The normalized spacial score (nSPS) is 23.4. The maximum absolute atomic E-state index is 11.8. The van der Waals surface area contributed by atoms with E-state index < -0.39 is 60.6 Å². The van der Waals surface area contributed by atoms with E-state index >= 15 is 0 Å². The molecule has 1 fully saturated rings. The Bertz CT molecular complexity index is 737. The summed E-state index contributed by atoms with van der Waals surface area (Å²) in [5.41, 5.74) is 0. The summed E-state index contributed by atoms with van der Waals surface area (Å²) in [7, 11) is 0. The predicted octanol–water partition coefficient (Wildman–Crippen LogP) is 2.29. The molecule has 1 saturated heterocycles. The molecule has 5 atom stereocenters. The van der Waals surface area contributed by atoms with Gasteiger partial charge < -0.3 is 33.5 Å². The van der Waals surface area contributed by atoms with E-state index in [-0.39, 0.29) is 19.6 Å². The minimum absolute atomic E-state index is 0.184. The van der Waals surface area contributed by atoms with Crippen LogP contribution in [0.25, 0.3) is 0 Å². The van der Waals surface area contributed by atoms with Crippen LogP contribution in [0.1, 0.15) is 79.1 Å². The molecule has 0 radical (unpaired) electrons. The fourth-order valence-electron chi connectivity index (χ4n) is 3.78. The van der Waals surface area contributed by atoms with Gasteiger partial charge >= 0.3 is 29.8 Å². The molecule has 0 aliphatic carbocycles. The number of hydrogen-bond acceptors (Lipinski definition) is 11. The van der Waals surface area contributed by atoms with E-state index in [0.29, 0.717) is 12.8 Å². The number of aliphatic carboxylic acids is 1.